The highest BCUT2D eigenvalue weighted by Gasteiger charge is 2.31. The molecule has 1 N–H and O–H groups in total. The summed E-state index contributed by atoms with van der Waals surface area (Å²) >= 11 is 6.10. The van der Waals surface area contributed by atoms with Crippen LogP contribution in [0.4, 0.5) is 13.2 Å². The van der Waals surface area contributed by atoms with Crippen molar-refractivity contribution in [1.82, 2.24) is 15.1 Å². The minimum atomic E-state index is -4.50. The third-order valence-corrected chi connectivity index (χ3v) is 5.37. The second-order valence-electron chi connectivity index (χ2n) is 7.57. The number of hydrogen-bond acceptors (Lipinski definition) is 3. The average molecular weight is 466 g/mol. The van der Waals surface area contributed by atoms with Crippen molar-refractivity contribution >= 4 is 17.5 Å². The number of ether oxygens (including phenoxy) is 1. The Morgan fingerprint density at radius 1 is 1.22 bits per heavy atom. The van der Waals surface area contributed by atoms with Crippen LogP contribution in [-0.4, -0.2) is 27.6 Å². The lowest BCUT2D eigenvalue weighted by Crippen LogP contribution is -2.39. The number of halogens is 4. The third-order valence-electron chi connectivity index (χ3n) is 5.00. The smallest absolute Gasteiger partial charge is 0.416 e. The van der Waals surface area contributed by atoms with E-state index < -0.39 is 17.6 Å². The Bertz CT molecular complexity index is 1110. The molecule has 0 spiro atoms. The van der Waals surface area contributed by atoms with Gasteiger partial charge in [0.05, 0.1) is 11.8 Å². The summed E-state index contributed by atoms with van der Waals surface area (Å²) in [4.78, 5) is 13.0. The molecule has 170 valence electrons. The van der Waals surface area contributed by atoms with Crippen molar-refractivity contribution in [3.8, 4) is 11.5 Å². The lowest BCUT2D eigenvalue weighted by atomic mass is 10.00. The van der Waals surface area contributed by atoms with Crippen molar-refractivity contribution in [3.05, 3.63) is 76.6 Å². The number of nitrogens with zero attached hydrogens (tertiary/aromatic N) is 2. The monoisotopic (exact) mass is 465 g/mol. The van der Waals surface area contributed by atoms with Gasteiger partial charge in [0, 0.05) is 19.0 Å². The molecule has 0 aliphatic heterocycles. The van der Waals surface area contributed by atoms with Gasteiger partial charge in [0.15, 0.2) is 11.4 Å². The first-order valence-electron chi connectivity index (χ1n) is 9.88. The molecule has 3 aromatic rings. The number of hydrogen-bond donors (Lipinski definition) is 1. The number of aromatic nitrogens is 2. The molecule has 1 aromatic heterocycles. The molecule has 0 radical (unpaired) electrons. The Kier molecular flexibility index (Phi) is 7.13. The van der Waals surface area contributed by atoms with E-state index in [9.17, 15) is 18.0 Å². The first-order valence-corrected chi connectivity index (χ1v) is 10.4. The van der Waals surface area contributed by atoms with E-state index in [2.05, 4.69) is 16.5 Å². The molecular weight excluding hydrogens is 443 g/mol. The van der Waals surface area contributed by atoms with Gasteiger partial charge < -0.3 is 10.1 Å². The lowest BCUT2D eigenvalue weighted by molar-refractivity contribution is -0.137. The summed E-state index contributed by atoms with van der Waals surface area (Å²) in [6, 6.07) is 10.1. The number of alkyl halides is 4. The minimum absolute atomic E-state index is 0.0455. The first-order chi connectivity index (χ1) is 15.1. The summed E-state index contributed by atoms with van der Waals surface area (Å²) in [5.41, 5.74) is 2.54. The number of benzene rings is 2. The van der Waals surface area contributed by atoms with Gasteiger partial charge in [-0.2, -0.15) is 18.3 Å². The molecule has 1 amide bonds. The molecule has 0 aliphatic carbocycles. The van der Waals surface area contributed by atoms with Crippen molar-refractivity contribution in [3.63, 3.8) is 0 Å². The Morgan fingerprint density at radius 2 is 1.97 bits per heavy atom. The fourth-order valence-corrected chi connectivity index (χ4v) is 3.54. The number of carbonyl (C=O) groups is 1. The van der Waals surface area contributed by atoms with E-state index in [0.717, 1.165) is 28.8 Å². The molecule has 0 saturated carbocycles. The summed E-state index contributed by atoms with van der Waals surface area (Å²) in [7, 11) is 1.55. The van der Waals surface area contributed by atoms with Crippen LogP contribution in [0.1, 0.15) is 32.7 Å². The van der Waals surface area contributed by atoms with Crippen LogP contribution in [0.2, 0.25) is 0 Å². The first kappa shape index (κ1) is 23.7. The predicted molar refractivity (Wildman–Crippen MR) is 116 cm³/mol. The van der Waals surface area contributed by atoms with E-state index in [1.54, 1.807) is 7.05 Å². The van der Waals surface area contributed by atoms with Crippen molar-refractivity contribution in [1.29, 1.82) is 0 Å². The van der Waals surface area contributed by atoms with Crippen LogP contribution in [0.25, 0.3) is 0 Å². The van der Waals surface area contributed by atoms with Gasteiger partial charge in [-0.05, 0) is 49.6 Å². The van der Waals surface area contributed by atoms with Crippen LogP contribution in [0, 0.1) is 13.8 Å². The maximum Gasteiger partial charge on any atom is 0.416 e. The van der Waals surface area contributed by atoms with E-state index in [1.807, 2.05) is 26.0 Å². The molecule has 32 heavy (non-hydrogen) atoms. The van der Waals surface area contributed by atoms with Crippen LogP contribution in [0.5, 0.6) is 11.5 Å². The van der Waals surface area contributed by atoms with E-state index in [-0.39, 0.29) is 29.1 Å². The fraction of sp³-hybridized carbons (Fsp3) is 0.304. The zero-order valence-corrected chi connectivity index (χ0v) is 18.6. The van der Waals surface area contributed by atoms with E-state index in [1.165, 1.54) is 23.0 Å². The largest absolute Gasteiger partial charge is 0.453 e. The Balaban J connectivity index is 1.78. The zero-order chi connectivity index (χ0) is 23.5. The third kappa shape index (κ3) is 5.62. The van der Waals surface area contributed by atoms with Crippen LogP contribution < -0.4 is 10.1 Å². The van der Waals surface area contributed by atoms with Gasteiger partial charge in [-0.15, -0.1) is 11.6 Å². The maximum atomic E-state index is 13.0. The Labute approximate surface area is 189 Å². The molecule has 9 heteroatoms. The van der Waals surface area contributed by atoms with Crippen LogP contribution in [-0.2, 0) is 19.6 Å². The second-order valence-corrected chi connectivity index (χ2v) is 7.88. The van der Waals surface area contributed by atoms with E-state index >= 15 is 0 Å². The molecule has 2 aromatic carbocycles. The molecule has 0 saturated heterocycles. The maximum absolute atomic E-state index is 13.0. The fourth-order valence-electron chi connectivity index (χ4n) is 3.35. The second kappa shape index (κ2) is 9.65. The van der Waals surface area contributed by atoms with Crippen molar-refractivity contribution in [2.45, 2.75) is 32.5 Å². The minimum Gasteiger partial charge on any atom is -0.453 e. The highest BCUT2D eigenvalue weighted by molar-refractivity contribution is 6.18. The topological polar surface area (TPSA) is 56.1 Å². The van der Waals surface area contributed by atoms with Gasteiger partial charge in [0.2, 0.25) is 0 Å². The SMILES string of the molecule is Cc1ccc(CC(CCl)NC(=O)c2c(Oc3cccc(C(F)(F)F)c3)cnn2C)c(C)c1. The quantitative estimate of drug-likeness (QED) is 0.473. The molecule has 0 fully saturated rings. The van der Waals surface area contributed by atoms with Gasteiger partial charge in [-0.3, -0.25) is 9.48 Å². The van der Waals surface area contributed by atoms with E-state index in [4.69, 9.17) is 16.3 Å². The highest BCUT2D eigenvalue weighted by Crippen LogP contribution is 2.33. The molecule has 3 rings (SSSR count). The average Bonchev–Trinajstić information content (AvgIpc) is 3.09. The predicted octanol–water partition coefficient (Wildman–Crippen LogP) is 5.43. The van der Waals surface area contributed by atoms with E-state index in [0.29, 0.717) is 6.42 Å². The van der Waals surface area contributed by atoms with Gasteiger partial charge in [0.1, 0.15) is 5.75 Å². The zero-order valence-electron chi connectivity index (χ0n) is 17.8. The van der Waals surface area contributed by atoms with Crippen LogP contribution in [0.3, 0.4) is 0 Å². The number of rotatable bonds is 7. The Morgan fingerprint density at radius 3 is 2.62 bits per heavy atom. The van der Waals surface area contributed by atoms with Crippen molar-refractivity contribution in [2.24, 2.45) is 7.05 Å². The van der Waals surface area contributed by atoms with Gasteiger partial charge in [0.25, 0.3) is 5.91 Å². The van der Waals surface area contributed by atoms with Crippen LogP contribution in [0.15, 0.2) is 48.7 Å². The summed E-state index contributed by atoms with van der Waals surface area (Å²) < 4.78 is 45.8. The van der Waals surface area contributed by atoms with Gasteiger partial charge in [-0.25, -0.2) is 0 Å². The van der Waals surface area contributed by atoms with Crippen LogP contribution >= 0.6 is 11.6 Å². The lowest BCUT2D eigenvalue weighted by Gasteiger charge is -2.18. The molecule has 0 bridgehead atoms. The van der Waals surface area contributed by atoms with Crippen molar-refractivity contribution < 1.29 is 22.7 Å². The summed E-state index contributed by atoms with van der Waals surface area (Å²) in [6.45, 7) is 4.00. The highest BCUT2D eigenvalue weighted by atomic mass is 35.5. The summed E-state index contributed by atoms with van der Waals surface area (Å²) in [6.07, 6.45) is -2.69. The number of nitrogens with one attached hydrogen (secondary N) is 1. The molecule has 5 nitrogen and oxygen atoms in total. The summed E-state index contributed by atoms with van der Waals surface area (Å²) in [5.74, 6) is -0.307. The summed E-state index contributed by atoms with van der Waals surface area (Å²) in [5, 5.41) is 6.89. The Hall–Kier alpha value is -3.00. The standard InChI is InChI=1S/C23H23ClF3N3O2/c1-14-7-8-16(15(2)9-14)10-18(12-24)29-22(31)21-20(13-28-30(21)3)32-19-6-4-5-17(11-19)23(25,26)27/h4-9,11,13,18H,10,12H2,1-3H3,(H,29,31). The number of carbonyl (C=O) groups excluding carboxylic acids is 1. The van der Waals surface area contributed by atoms with Crippen molar-refractivity contribution in [2.75, 3.05) is 5.88 Å². The number of aryl methyl sites for hydroxylation is 3. The molecular formula is C23H23ClF3N3O2. The van der Waals surface area contributed by atoms with Gasteiger partial charge >= 0.3 is 6.18 Å². The molecule has 1 atom stereocenters. The molecule has 1 heterocycles. The normalized spacial score (nSPS) is 12.5. The van der Waals surface area contributed by atoms with Gasteiger partial charge in [-0.1, -0.05) is 29.8 Å². The molecule has 1 unspecified atom stereocenters. The number of amides is 1. The molecule has 0 aliphatic rings.